The van der Waals surface area contributed by atoms with Crippen LogP contribution in [-0.4, -0.2) is 24.2 Å². The fraction of sp³-hybridized carbons (Fsp3) is 0.267. The molecular weight excluding hydrogens is 299 g/mol. The van der Waals surface area contributed by atoms with Crippen LogP contribution < -0.4 is 4.74 Å². The molecule has 1 atom stereocenters. The highest BCUT2D eigenvalue weighted by molar-refractivity contribution is 5.94. The van der Waals surface area contributed by atoms with Gasteiger partial charge in [0.15, 0.2) is 0 Å². The first-order valence-corrected chi connectivity index (χ1v) is 6.44. The normalized spacial score (nSPS) is 12.8. The number of alkyl halides is 3. The second-order valence-electron chi connectivity index (χ2n) is 4.68. The first-order chi connectivity index (χ1) is 10.3. The zero-order valence-corrected chi connectivity index (χ0v) is 11.9. The lowest BCUT2D eigenvalue weighted by atomic mass is 10.1. The third-order valence-electron chi connectivity index (χ3n) is 3.19. The third kappa shape index (κ3) is 3.81. The minimum Gasteiger partial charge on any atom is -0.467 e. The lowest BCUT2D eigenvalue weighted by molar-refractivity contribution is -0.274. The number of benzene rings is 1. The van der Waals surface area contributed by atoms with E-state index in [9.17, 15) is 18.0 Å². The summed E-state index contributed by atoms with van der Waals surface area (Å²) in [6.07, 6.45) is -3.25. The van der Waals surface area contributed by atoms with Gasteiger partial charge in [-0.3, -0.25) is 4.79 Å². The zero-order valence-electron chi connectivity index (χ0n) is 11.9. The van der Waals surface area contributed by atoms with Crippen molar-refractivity contribution in [2.24, 2.45) is 0 Å². The van der Waals surface area contributed by atoms with E-state index in [1.807, 2.05) is 0 Å². The molecule has 118 valence electrons. The number of amides is 1. The third-order valence-corrected chi connectivity index (χ3v) is 3.19. The van der Waals surface area contributed by atoms with E-state index in [4.69, 9.17) is 4.42 Å². The SMILES string of the molecule is CC(c1ccco1)N(C)C(=O)c1ccc(OC(F)(F)F)cc1. The maximum Gasteiger partial charge on any atom is 0.573 e. The van der Waals surface area contributed by atoms with Crippen molar-refractivity contribution in [3.63, 3.8) is 0 Å². The van der Waals surface area contributed by atoms with Crippen molar-refractivity contribution in [2.75, 3.05) is 7.05 Å². The average Bonchev–Trinajstić information content (AvgIpc) is 2.98. The molecule has 1 aromatic carbocycles. The highest BCUT2D eigenvalue weighted by Crippen LogP contribution is 2.24. The van der Waals surface area contributed by atoms with E-state index in [2.05, 4.69) is 4.74 Å². The largest absolute Gasteiger partial charge is 0.573 e. The Hall–Kier alpha value is -2.44. The number of carbonyl (C=O) groups excluding carboxylic acids is 1. The van der Waals surface area contributed by atoms with Gasteiger partial charge in [-0.2, -0.15) is 0 Å². The predicted octanol–water partition coefficient (Wildman–Crippen LogP) is 4.01. The Morgan fingerprint density at radius 3 is 2.36 bits per heavy atom. The number of hydrogen-bond donors (Lipinski definition) is 0. The number of halogens is 3. The summed E-state index contributed by atoms with van der Waals surface area (Å²) in [6.45, 7) is 1.79. The van der Waals surface area contributed by atoms with Crippen LogP contribution in [0.25, 0.3) is 0 Å². The van der Waals surface area contributed by atoms with Crippen LogP contribution in [0.15, 0.2) is 47.1 Å². The van der Waals surface area contributed by atoms with Crippen molar-refractivity contribution in [3.05, 3.63) is 54.0 Å². The van der Waals surface area contributed by atoms with Gasteiger partial charge in [-0.05, 0) is 43.3 Å². The van der Waals surface area contributed by atoms with Gasteiger partial charge >= 0.3 is 6.36 Å². The second kappa shape index (κ2) is 6.13. The lowest BCUT2D eigenvalue weighted by Crippen LogP contribution is -2.29. The van der Waals surface area contributed by atoms with Gasteiger partial charge in [-0.1, -0.05) is 0 Å². The van der Waals surface area contributed by atoms with Crippen LogP contribution in [-0.2, 0) is 0 Å². The maximum atomic E-state index is 12.3. The summed E-state index contributed by atoms with van der Waals surface area (Å²) in [5.74, 6) is -0.0823. The van der Waals surface area contributed by atoms with E-state index >= 15 is 0 Å². The summed E-state index contributed by atoms with van der Waals surface area (Å²) >= 11 is 0. The standard InChI is InChI=1S/C15H14F3NO3/c1-10(13-4-3-9-21-13)19(2)14(20)11-5-7-12(8-6-11)22-15(16,17)18/h3-10H,1-2H3. The molecule has 0 radical (unpaired) electrons. The molecule has 4 nitrogen and oxygen atoms in total. The van der Waals surface area contributed by atoms with E-state index in [-0.39, 0.29) is 23.3 Å². The molecule has 0 saturated carbocycles. The second-order valence-corrected chi connectivity index (χ2v) is 4.68. The van der Waals surface area contributed by atoms with Gasteiger partial charge in [0.2, 0.25) is 0 Å². The molecule has 1 heterocycles. The van der Waals surface area contributed by atoms with E-state index in [1.165, 1.54) is 23.3 Å². The summed E-state index contributed by atoms with van der Waals surface area (Å²) in [5, 5.41) is 0. The smallest absolute Gasteiger partial charge is 0.467 e. The van der Waals surface area contributed by atoms with Gasteiger partial charge in [0.25, 0.3) is 5.91 Å². The van der Waals surface area contributed by atoms with Gasteiger partial charge in [0.05, 0.1) is 12.3 Å². The van der Waals surface area contributed by atoms with Crippen molar-refractivity contribution in [2.45, 2.75) is 19.3 Å². The van der Waals surface area contributed by atoms with Crippen LogP contribution in [0.5, 0.6) is 5.75 Å². The quantitative estimate of drug-likeness (QED) is 0.856. The maximum absolute atomic E-state index is 12.3. The topological polar surface area (TPSA) is 42.7 Å². The summed E-state index contributed by atoms with van der Waals surface area (Å²) in [5.41, 5.74) is 0.260. The Kier molecular flexibility index (Phi) is 4.44. The number of rotatable bonds is 4. The highest BCUT2D eigenvalue weighted by Gasteiger charge is 2.31. The van der Waals surface area contributed by atoms with Gasteiger partial charge in [0, 0.05) is 12.6 Å². The van der Waals surface area contributed by atoms with Crippen molar-refractivity contribution >= 4 is 5.91 Å². The molecule has 0 aliphatic carbocycles. The van der Waals surface area contributed by atoms with Gasteiger partial charge in [0.1, 0.15) is 11.5 Å². The van der Waals surface area contributed by atoms with Gasteiger partial charge < -0.3 is 14.1 Å². The van der Waals surface area contributed by atoms with E-state index < -0.39 is 6.36 Å². The minimum atomic E-state index is -4.75. The molecule has 0 saturated heterocycles. The molecule has 1 amide bonds. The molecule has 0 spiro atoms. The number of furan rings is 1. The number of nitrogens with zero attached hydrogens (tertiary/aromatic N) is 1. The fourth-order valence-electron chi connectivity index (χ4n) is 1.90. The monoisotopic (exact) mass is 313 g/mol. The summed E-state index contributed by atoms with van der Waals surface area (Å²) < 4.78 is 45.3. The molecule has 7 heteroatoms. The highest BCUT2D eigenvalue weighted by atomic mass is 19.4. The predicted molar refractivity (Wildman–Crippen MR) is 72.3 cm³/mol. The van der Waals surface area contributed by atoms with Crippen molar-refractivity contribution < 1.29 is 27.1 Å². The van der Waals surface area contributed by atoms with Crippen molar-refractivity contribution in [1.29, 1.82) is 0 Å². The molecule has 2 rings (SSSR count). The van der Waals surface area contributed by atoms with E-state index in [0.717, 1.165) is 12.1 Å². The van der Waals surface area contributed by atoms with Crippen LogP contribution in [0, 0.1) is 0 Å². The molecule has 0 bridgehead atoms. The molecule has 0 N–H and O–H groups in total. The molecule has 22 heavy (non-hydrogen) atoms. The summed E-state index contributed by atoms with van der Waals surface area (Å²) in [7, 11) is 1.59. The molecular formula is C15H14F3NO3. The van der Waals surface area contributed by atoms with Gasteiger partial charge in [-0.25, -0.2) is 0 Å². The molecule has 0 aliphatic rings. The van der Waals surface area contributed by atoms with Crippen LogP contribution in [0.1, 0.15) is 29.1 Å². The lowest BCUT2D eigenvalue weighted by Gasteiger charge is -2.23. The first kappa shape index (κ1) is 15.9. The van der Waals surface area contributed by atoms with E-state index in [1.54, 1.807) is 26.1 Å². The van der Waals surface area contributed by atoms with Crippen LogP contribution in [0.4, 0.5) is 13.2 Å². The van der Waals surface area contributed by atoms with Crippen molar-refractivity contribution in [3.8, 4) is 5.75 Å². The van der Waals surface area contributed by atoms with Crippen LogP contribution >= 0.6 is 0 Å². The van der Waals surface area contributed by atoms with Gasteiger partial charge in [-0.15, -0.1) is 13.2 Å². The van der Waals surface area contributed by atoms with E-state index in [0.29, 0.717) is 5.76 Å². The Morgan fingerprint density at radius 2 is 1.86 bits per heavy atom. The number of ether oxygens (including phenoxy) is 1. The fourth-order valence-corrected chi connectivity index (χ4v) is 1.90. The van der Waals surface area contributed by atoms with Crippen LogP contribution in [0.2, 0.25) is 0 Å². The zero-order chi connectivity index (χ0) is 16.3. The molecule has 1 unspecified atom stereocenters. The molecule has 0 fully saturated rings. The number of hydrogen-bond acceptors (Lipinski definition) is 3. The van der Waals surface area contributed by atoms with Crippen LogP contribution in [0.3, 0.4) is 0 Å². The Labute approximate surface area is 125 Å². The number of carbonyl (C=O) groups is 1. The summed E-state index contributed by atoms with van der Waals surface area (Å²) in [6, 6.07) is 7.94. The Morgan fingerprint density at radius 1 is 1.23 bits per heavy atom. The van der Waals surface area contributed by atoms with Crippen molar-refractivity contribution in [1.82, 2.24) is 4.90 Å². The summed E-state index contributed by atoms with van der Waals surface area (Å²) in [4.78, 5) is 13.7. The average molecular weight is 313 g/mol. The molecule has 1 aromatic heterocycles. The Bertz CT molecular complexity index is 620. The molecule has 0 aliphatic heterocycles. The minimum absolute atomic E-state index is 0.260. The first-order valence-electron chi connectivity index (χ1n) is 6.44. The Balaban J connectivity index is 2.09. The molecule has 2 aromatic rings.